The Kier molecular flexibility index (Phi) is 6.03. The minimum atomic E-state index is -0.625. The molecular weight excluding hydrogens is 372 g/mol. The summed E-state index contributed by atoms with van der Waals surface area (Å²) in [5, 5.41) is 2.72. The van der Waals surface area contributed by atoms with Crippen LogP contribution in [0, 0.1) is 22.7 Å². The summed E-state index contributed by atoms with van der Waals surface area (Å²) in [5.74, 6) is 6.53. The normalized spacial score (nSPS) is 13.2. The highest BCUT2D eigenvalue weighted by molar-refractivity contribution is 5.98. The van der Waals surface area contributed by atoms with E-state index in [-0.39, 0.29) is 11.8 Å². The number of benzene rings is 2. The molecule has 30 heavy (non-hydrogen) atoms. The molecule has 1 heterocycles. The van der Waals surface area contributed by atoms with Crippen LogP contribution in [-0.2, 0) is 16.1 Å². The lowest BCUT2D eigenvalue weighted by atomic mass is 9.77. The summed E-state index contributed by atoms with van der Waals surface area (Å²) in [6.07, 6.45) is 1.23. The average molecular weight is 403 g/mol. The van der Waals surface area contributed by atoms with Gasteiger partial charge in [0.05, 0.1) is 12.2 Å². The van der Waals surface area contributed by atoms with Crippen molar-refractivity contribution in [3.8, 4) is 11.8 Å². The molecule has 2 aromatic rings. The molecule has 0 saturated carbocycles. The van der Waals surface area contributed by atoms with Crippen molar-refractivity contribution in [1.82, 2.24) is 5.32 Å². The molecule has 4 nitrogen and oxygen atoms in total. The van der Waals surface area contributed by atoms with Crippen LogP contribution in [-0.4, -0.2) is 18.9 Å². The van der Waals surface area contributed by atoms with Crippen LogP contribution in [0.5, 0.6) is 0 Å². The maximum Gasteiger partial charge on any atom is 0.232 e. The number of rotatable bonds is 5. The summed E-state index contributed by atoms with van der Waals surface area (Å²) in [5.41, 5.74) is 2.51. The van der Waals surface area contributed by atoms with Crippen LogP contribution in [0.2, 0.25) is 0 Å². The molecule has 156 valence electrons. The van der Waals surface area contributed by atoms with Gasteiger partial charge >= 0.3 is 0 Å². The van der Waals surface area contributed by atoms with E-state index in [2.05, 4.69) is 17.2 Å². The highest BCUT2D eigenvalue weighted by atomic mass is 16.2. The smallest absolute Gasteiger partial charge is 0.232 e. The highest BCUT2D eigenvalue weighted by Gasteiger charge is 2.37. The molecule has 3 rings (SSSR count). The maximum atomic E-state index is 13.8. The van der Waals surface area contributed by atoms with Crippen molar-refractivity contribution in [3.05, 3.63) is 65.2 Å². The number of nitrogens with zero attached hydrogens (tertiary/aromatic N) is 1. The van der Waals surface area contributed by atoms with Gasteiger partial charge in [0.25, 0.3) is 0 Å². The van der Waals surface area contributed by atoms with E-state index in [4.69, 9.17) is 0 Å². The third-order valence-corrected chi connectivity index (χ3v) is 5.91. The third-order valence-electron chi connectivity index (χ3n) is 5.91. The van der Waals surface area contributed by atoms with Crippen LogP contribution < -0.4 is 10.2 Å². The van der Waals surface area contributed by atoms with Crippen LogP contribution in [0.3, 0.4) is 0 Å². The van der Waals surface area contributed by atoms with E-state index in [0.717, 1.165) is 22.4 Å². The lowest BCUT2D eigenvalue weighted by molar-refractivity contribution is -0.131. The molecule has 2 aromatic carbocycles. The summed E-state index contributed by atoms with van der Waals surface area (Å²) in [7, 11) is 1.65. The second-order valence-corrected chi connectivity index (χ2v) is 9.16. The van der Waals surface area contributed by atoms with Crippen molar-refractivity contribution in [2.75, 3.05) is 11.9 Å². The molecule has 1 aliphatic rings. The summed E-state index contributed by atoms with van der Waals surface area (Å²) >= 11 is 0. The molecule has 0 aromatic heterocycles. The first-order valence-corrected chi connectivity index (χ1v) is 10.4. The molecule has 0 spiro atoms. The fourth-order valence-electron chi connectivity index (χ4n) is 3.72. The molecule has 0 fully saturated rings. The van der Waals surface area contributed by atoms with E-state index >= 15 is 0 Å². The predicted octanol–water partition coefficient (Wildman–Crippen LogP) is 4.51. The first-order valence-electron chi connectivity index (χ1n) is 10.4. The molecule has 1 aliphatic heterocycles. The number of hydrogen-bond donors (Lipinski definition) is 1. The Balaban J connectivity index is 1.94. The number of amides is 2. The lowest BCUT2D eigenvalue weighted by Gasteiger charge is -2.35. The lowest BCUT2D eigenvalue weighted by Crippen LogP contribution is -2.43. The van der Waals surface area contributed by atoms with Gasteiger partial charge in [-0.3, -0.25) is 9.59 Å². The molecule has 0 atom stereocenters. The first kappa shape index (κ1) is 21.6. The van der Waals surface area contributed by atoms with E-state index in [9.17, 15) is 9.59 Å². The quantitative estimate of drug-likeness (QED) is 0.748. The number of carbonyl (C=O) groups excluding carboxylic acids is 2. The molecule has 0 bridgehead atoms. The van der Waals surface area contributed by atoms with Crippen molar-refractivity contribution in [2.24, 2.45) is 10.8 Å². The topological polar surface area (TPSA) is 49.4 Å². The highest BCUT2D eigenvalue weighted by Crippen LogP contribution is 2.35. The Bertz CT molecular complexity index is 1020. The number of hydrogen-bond acceptors (Lipinski definition) is 2. The number of carbonyl (C=O) groups is 2. The van der Waals surface area contributed by atoms with Gasteiger partial charge in [0.2, 0.25) is 11.8 Å². The predicted molar refractivity (Wildman–Crippen MR) is 121 cm³/mol. The number of fused-ring (bicyclic) bond motifs is 2. The largest absolute Gasteiger partial charge is 0.359 e. The third kappa shape index (κ3) is 4.41. The van der Waals surface area contributed by atoms with Crippen molar-refractivity contribution in [3.63, 3.8) is 0 Å². The molecular formula is C26H30N2O2. The fourth-order valence-corrected chi connectivity index (χ4v) is 3.72. The van der Waals surface area contributed by atoms with Gasteiger partial charge in [-0.15, -0.1) is 0 Å². The monoisotopic (exact) mass is 402 g/mol. The first-order chi connectivity index (χ1) is 14.2. The van der Waals surface area contributed by atoms with Gasteiger partial charge < -0.3 is 10.2 Å². The standard InChI is InChI=1S/C26H30N2O2/c1-25(2,23(29)27-5)16-17-26(3,4)24(30)28-18-21-12-7-6-10-19(21)14-15-20-11-8-9-13-22(20)28/h6-13H,16-18H2,1-5H3,(H,27,29). The van der Waals surface area contributed by atoms with Gasteiger partial charge in [0.15, 0.2) is 0 Å². The molecule has 1 N–H and O–H groups in total. The van der Waals surface area contributed by atoms with E-state index in [1.807, 2.05) is 81.1 Å². The Morgan fingerprint density at radius 1 is 0.900 bits per heavy atom. The van der Waals surface area contributed by atoms with Crippen LogP contribution >= 0.6 is 0 Å². The number of para-hydroxylation sites is 1. The van der Waals surface area contributed by atoms with Gasteiger partial charge in [-0.05, 0) is 36.6 Å². The second kappa shape index (κ2) is 8.36. The van der Waals surface area contributed by atoms with Gasteiger partial charge in [-0.1, -0.05) is 69.9 Å². The Labute approximate surface area is 179 Å². The van der Waals surface area contributed by atoms with Crippen molar-refractivity contribution >= 4 is 17.5 Å². The SMILES string of the molecule is CNC(=O)C(C)(C)CCC(C)(C)C(=O)N1Cc2ccccc2C#Cc2ccccc21. The Morgan fingerprint density at radius 3 is 2.17 bits per heavy atom. The van der Waals surface area contributed by atoms with Crippen molar-refractivity contribution in [1.29, 1.82) is 0 Å². The van der Waals surface area contributed by atoms with Crippen LogP contribution in [0.4, 0.5) is 5.69 Å². The molecule has 0 aliphatic carbocycles. The number of anilines is 1. The zero-order valence-corrected chi connectivity index (χ0v) is 18.5. The van der Waals surface area contributed by atoms with Crippen LogP contribution in [0.15, 0.2) is 48.5 Å². The number of nitrogens with one attached hydrogen (secondary N) is 1. The molecule has 0 unspecified atom stereocenters. The average Bonchev–Trinajstić information content (AvgIpc) is 2.73. The Morgan fingerprint density at radius 2 is 1.47 bits per heavy atom. The van der Waals surface area contributed by atoms with Gasteiger partial charge in [0, 0.05) is 29.0 Å². The minimum Gasteiger partial charge on any atom is -0.359 e. The van der Waals surface area contributed by atoms with Gasteiger partial charge in [0.1, 0.15) is 0 Å². The summed E-state index contributed by atoms with van der Waals surface area (Å²) < 4.78 is 0. The zero-order chi connectivity index (χ0) is 21.9. The summed E-state index contributed by atoms with van der Waals surface area (Å²) in [6, 6.07) is 15.8. The molecule has 2 amide bonds. The Hall–Kier alpha value is -3.06. The van der Waals surface area contributed by atoms with Crippen molar-refractivity contribution < 1.29 is 9.59 Å². The van der Waals surface area contributed by atoms with E-state index in [0.29, 0.717) is 19.4 Å². The molecule has 0 saturated heterocycles. The summed E-state index contributed by atoms with van der Waals surface area (Å²) in [6.45, 7) is 8.25. The minimum absolute atomic E-state index is 0.00782. The van der Waals surface area contributed by atoms with E-state index in [1.165, 1.54) is 0 Å². The van der Waals surface area contributed by atoms with E-state index in [1.54, 1.807) is 7.05 Å². The van der Waals surface area contributed by atoms with Gasteiger partial charge in [-0.25, -0.2) is 0 Å². The maximum absolute atomic E-state index is 13.8. The van der Waals surface area contributed by atoms with Crippen LogP contribution in [0.1, 0.15) is 57.2 Å². The fraction of sp³-hybridized carbons (Fsp3) is 0.385. The van der Waals surface area contributed by atoms with Crippen LogP contribution in [0.25, 0.3) is 0 Å². The van der Waals surface area contributed by atoms with Crippen molar-refractivity contribution in [2.45, 2.75) is 47.1 Å². The molecule has 0 radical (unpaired) electrons. The zero-order valence-electron chi connectivity index (χ0n) is 18.5. The summed E-state index contributed by atoms with van der Waals surface area (Å²) in [4.78, 5) is 27.8. The second-order valence-electron chi connectivity index (χ2n) is 9.16. The van der Waals surface area contributed by atoms with Gasteiger partial charge in [-0.2, -0.15) is 0 Å². The molecule has 4 heteroatoms. The van der Waals surface area contributed by atoms with E-state index < -0.39 is 10.8 Å².